The summed E-state index contributed by atoms with van der Waals surface area (Å²) in [5.41, 5.74) is -0.216. The molecule has 6 heteroatoms. The molecule has 0 aliphatic rings. The molecule has 1 aromatic carbocycles. The Morgan fingerprint density at radius 2 is 2.06 bits per heavy atom. The fourth-order valence-electron chi connectivity index (χ4n) is 1.20. The molecule has 0 radical (unpaired) electrons. The summed E-state index contributed by atoms with van der Waals surface area (Å²) >= 11 is 3.12. The molecule has 0 heterocycles. The van der Waals surface area contributed by atoms with Crippen LogP contribution in [0, 0.1) is 5.82 Å². The summed E-state index contributed by atoms with van der Waals surface area (Å²) in [6.07, 6.45) is 0. The minimum absolute atomic E-state index is 0.126. The van der Waals surface area contributed by atoms with Crippen LogP contribution in [0.3, 0.4) is 0 Å². The number of halogens is 2. The van der Waals surface area contributed by atoms with E-state index in [9.17, 15) is 9.18 Å². The van der Waals surface area contributed by atoms with E-state index in [2.05, 4.69) is 20.7 Å². The third-order valence-electron chi connectivity index (χ3n) is 1.95. The molecule has 0 unspecified atom stereocenters. The van der Waals surface area contributed by atoms with Crippen molar-refractivity contribution in [1.82, 2.24) is 0 Å². The lowest BCUT2D eigenvalue weighted by Crippen LogP contribution is -2.11. The molecule has 0 saturated carbocycles. The molecule has 0 saturated heterocycles. The fraction of sp³-hybridized carbons (Fsp3) is 0.364. The van der Waals surface area contributed by atoms with Gasteiger partial charge in [0.25, 0.3) is 0 Å². The van der Waals surface area contributed by atoms with Crippen molar-refractivity contribution in [1.29, 1.82) is 0 Å². The van der Waals surface area contributed by atoms with E-state index in [1.54, 1.807) is 0 Å². The molecule has 0 fully saturated rings. The molecule has 0 aliphatic heterocycles. The summed E-state index contributed by atoms with van der Waals surface area (Å²) in [6, 6.07) is 2.68. The summed E-state index contributed by atoms with van der Waals surface area (Å²) < 4.78 is 28.7. The number of rotatable bonds is 5. The third-order valence-corrected chi connectivity index (χ3v) is 2.41. The van der Waals surface area contributed by atoms with Gasteiger partial charge in [-0.2, -0.15) is 0 Å². The molecule has 94 valence electrons. The van der Waals surface area contributed by atoms with Crippen LogP contribution in [0.5, 0.6) is 5.75 Å². The third kappa shape index (κ3) is 3.67. The lowest BCUT2D eigenvalue weighted by molar-refractivity contribution is 0.0588. The number of methoxy groups -OCH3 is 2. The molecular weight excluding hydrogens is 295 g/mol. The summed E-state index contributed by atoms with van der Waals surface area (Å²) in [7, 11) is 2.70. The van der Waals surface area contributed by atoms with E-state index in [0.29, 0.717) is 11.1 Å². The van der Waals surface area contributed by atoms with Crippen LogP contribution in [0.4, 0.5) is 4.39 Å². The minimum Gasteiger partial charge on any atom is -0.490 e. The molecule has 0 amide bonds. The topological polar surface area (TPSA) is 44.8 Å². The van der Waals surface area contributed by atoms with Crippen molar-refractivity contribution < 1.29 is 23.4 Å². The second-order valence-electron chi connectivity index (χ2n) is 3.09. The van der Waals surface area contributed by atoms with E-state index in [-0.39, 0.29) is 17.9 Å². The largest absolute Gasteiger partial charge is 0.490 e. The van der Waals surface area contributed by atoms with Gasteiger partial charge in [0.1, 0.15) is 23.7 Å². The Balaban J connectivity index is 3.02. The van der Waals surface area contributed by atoms with Gasteiger partial charge in [-0.25, -0.2) is 9.18 Å². The summed E-state index contributed by atoms with van der Waals surface area (Å²) in [6.45, 7) is 0.561. The van der Waals surface area contributed by atoms with Crippen molar-refractivity contribution in [3.63, 3.8) is 0 Å². The van der Waals surface area contributed by atoms with Crippen molar-refractivity contribution in [2.45, 2.75) is 0 Å². The van der Waals surface area contributed by atoms with Crippen molar-refractivity contribution in [3.05, 3.63) is 28.0 Å². The second-order valence-corrected chi connectivity index (χ2v) is 4.01. The van der Waals surface area contributed by atoms with Crippen LogP contribution in [0.2, 0.25) is 0 Å². The highest BCUT2D eigenvalue weighted by Gasteiger charge is 2.19. The van der Waals surface area contributed by atoms with Gasteiger partial charge < -0.3 is 14.2 Å². The Morgan fingerprint density at radius 1 is 1.35 bits per heavy atom. The van der Waals surface area contributed by atoms with Gasteiger partial charge in [-0.1, -0.05) is 15.9 Å². The Labute approximate surface area is 107 Å². The van der Waals surface area contributed by atoms with E-state index in [1.165, 1.54) is 26.4 Å². The first kappa shape index (κ1) is 13.9. The maximum absolute atomic E-state index is 13.6. The summed E-state index contributed by atoms with van der Waals surface area (Å²) in [4.78, 5) is 11.4. The van der Waals surface area contributed by atoms with Gasteiger partial charge in [-0.3, -0.25) is 0 Å². The average molecular weight is 307 g/mol. The van der Waals surface area contributed by atoms with E-state index >= 15 is 0 Å². The zero-order chi connectivity index (χ0) is 12.8. The number of carbonyl (C=O) groups excluding carboxylic acids is 1. The number of esters is 1. The van der Waals surface area contributed by atoms with Gasteiger partial charge in [0.05, 0.1) is 13.7 Å². The predicted octanol–water partition coefficient (Wildman–Crippen LogP) is 2.40. The van der Waals surface area contributed by atoms with Crippen molar-refractivity contribution in [2.24, 2.45) is 0 Å². The van der Waals surface area contributed by atoms with E-state index in [0.717, 1.165) is 0 Å². The number of hydrogen-bond acceptors (Lipinski definition) is 4. The molecule has 0 spiro atoms. The van der Waals surface area contributed by atoms with Crippen LogP contribution in [-0.4, -0.2) is 33.4 Å². The normalized spacial score (nSPS) is 10.1. The van der Waals surface area contributed by atoms with Gasteiger partial charge in [-0.05, 0) is 12.1 Å². The van der Waals surface area contributed by atoms with Gasteiger partial charge in [0.2, 0.25) is 0 Å². The smallest absolute Gasteiger partial charge is 0.344 e. The van der Waals surface area contributed by atoms with Crippen LogP contribution >= 0.6 is 15.9 Å². The Kier molecular flexibility index (Phi) is 5.37. The van der Waals surface area contributed by atoms with Crippen LogP contribution in [-0.2, 0) is 9.47 Å². The molecule has 4 nitrogen and oxygen atoms in total. The van der Waals surface area contributed by atoms with E-state index in [1.807, 2.05) is 0 Å². The fourth-order valence-corrected chi connectivity index (χ4v) is 1.61. The Bertz CT molecular complexity index is 409. The van der Waals surface area contributed by atoms with Crippen molar-refractivity contribution >= 4 is 21.9 Å². The van der Waals surface area contributed by atoms with E-state index in [4.69, 9.17) is 9.47 Å². The van der Waals surface area contributed by atoms with Crippen LogP contribution < -0.4 is 4.74 Å². The predicted molar refractivity (Wildman–Crippen MR) is 62.8 cm³/mol. The summed E-state index contributed by atoms with van der Waals surface area (Å²) in [5, 5.41) is 0. The maximum Gasteiger partial charge on any atom is 0.344 e. The molecular formula is C11H12BrFO4. The first-order valence-corrected chi connectivity index (χ1v) is 5.58. The molecule has 0 atom stereocenters. The molecule has 1 aromatic rings. The molecule has 1 rings (SSSR count). The zero-order valence-electron chi connectivity index (χ0n) is 9.46. The second kappa shape index (κ2) is 6.56. The molecule has 0 N–H and O–H groups in total. The zero-order valence-corrected chi connectivity index (χ0v) is 11.0. The van der Waals surface area contributed by atoms with Crippen LogP contribution in [0.15, 0.2) is 16.6 Å². The number of hydrogen-bond donors (Lipinski definition) is 0. The molecule has 0 aliphatic carbocycles. The average Bonchev–Trinajstić information content (AvgIpc) is 2.28. The summed E-state index contributed by atoms with van der Waals surface area (Å²) in [5.74, 6) is -1.35. The van der Waals surface area contributed by atoms with Gasteiger partial charge in [0, 0.05) is 11.6 Å². The highest BCUT2D eigenvalue weighted by Crippen LogP contribution is 2.27. The lowest BCUT2D eigenvalue weighted by Gasteiger charge is -2.11. The molecule has 0 aromatic heterocycles. The Hall–Kier alpha value is -1.14. The first-order valence-electron chi connectivity index (χ1n) is 4.79. The Morgan fingerprint density at radius 3 is 2.65 bits per heavy atom. The maximum atomic E-state index is 13.6. The minimum atomic E-state index is -0.776. The van der Waals surface area contributed by atoms with Gasteiger partial charge in [0.15, 0.2) is 0 Å². The van der Waals surface area contributed by atoms with Crippen LogP contribution in [0.25, 0.3) is 0 Å². The standard InChI is InChI=1S/C11H12BrFO4/c1-15-3-4-17-9-6-7(12)5-8(13)10(9)11(14)16-2/h5-6H,3-4H2,1-2H3. The monoisotopic (exact) mass is 306 g/mol. The van der Waals surface area contributed by atoms with Gasteiger partial charge >= 0.3 is 5.97 Å². The number of benzene rings is 1. The van der Waals surface area contributed by atoms with Crippen molar-refractivity contribution in [2.75, 3.05) is 27.4 Å². The highest BCUT2D eigenvalue weighted by molar-refractivity contribution is 9.10. The number of carbonyl (C=O) groups is 1. The number of ether oxygens (including phenoxy) is 3. The van der Waals surface area contributed by atoms with Gasteiger partial charge in [-0.15, -0.1) is 0 Å². The molecule has 17 heavy (non-hydrogen) atoms. The lowest BCUT2D eigenvalue weighted by atomic mass is 10.2. The highest BCUT2D eigenvalue weighted by atomic mass is 79.9. The quantitative estimate of drug-likeness (QED) is 0.619. The van der Waals surface area contributed by atoms with Crippen LogP contribution in [0.1, 0.15) is 10.4 Å². The first-order chi connectivity index (χ1) is 8.10. The SMILES string of the molecule is COCCOc1cc(Br)cc(F)c1C(=O)OC. The van der Waals surface area contributed by atoms with Crippen molar-refractivity contribution in [3.8, 4) is 5.75 Å². The van der Waals surface area contributed by atoms with E-state index < -0.39 is 11.8 Å². The molecule has 0 bridgehead atoms.